The van der Waals surface area contributed by atoms with Gasteiger partial charge in [-0.15, -0.1) is 24.8 Å². The second kappa shape index (κ2) is 7.67. The fourth-order valence-electron chi connectivity index (χ4n) is 2.89. The fraction of sp³-hybridized carbons (Fsp3) is 0.538. The van der Waals surface area contributed by atoms with E-state index in [9.17, 15) is 4.79 Å². The molecule has 0 saturated carbocycles. The van der Waals surface area contributed by atoms with Gasteiger partial charge in [0, 0.05) is 30.5 Å². The summed E-state index contributed by atoms with van der Waals surface area (Å²) in [4.78, 5) is 15.8. The molecule has 0 aromatic carbocycles. The van der Waals surface area contributed by atoms with Crippen LogP contribution >= 0.6 is 24.8 Å². The number of pyridine rings is 1. The lowest BCUT2D eigenvalue weighted by Crippen LogP contribution is -2.44. The summed E-state index contributed by atoms with van der Waals surface area (Å²) in [6.07, 6.45) is 6.94. The summed E-state index contributed by atoms with van der Waals surface area (Å²) in [5.74, 6) is 0.0539. The monoisotopic (exact) mass is 318 g/mol. The smallest absolute Gasteiger partial charge is 0.239 e. The number of aromatic nitrogens is 1. The highest BCUT2D eigenvalue weighted by molar-refractivity contribution is 5.85. The van der Waals surface area contributed by atoms with Crippen LogP contribution in [-0.2, 0) is 4.79 Å². The van der Waals surface area contributed by atoms with Crippen molar-refractivity contribution >= 4 is 36.4 Å². The number of fused-ring (bicyclic) bond motifs is 2. The Balaban J connectivity index is 0.000001000. The molecule has 0 spiro atoms. The number of amides is 1. The fourth-order valence-corrected chi connectivity index (χ4v) is 2.89. The number of carbonyl (C=O) groups excluding carboxylic acids is 1. The Kier molecular flexibility index (Phi) is 6.52. The first-order valence-electron chi connectivity index (χ1n) is 6.50. The van der Waals surface area contributed by atoms with Gasteiger partial charge in [-0.2, -0.15) is 0 Å². The minimum atomic E-state index is 0. The molecule has 7 heteroatoms. The lowest BCUT2D eigenvalue weighted by atomic mass is 9.95. The van der Waals surface area contributed by atoms with E-state index in [1.807, 2.05) is 12.1 Å². The van der Waals surface area contributed by atoms with Crippen LogP contribution in [0, 0.1) is 0 Å². The van der Waals surface area contributed by atoms with Gasteiger partial charge in [0.2, 0.25) is 5.91 Å². The highest BCUT2D eigenvalue weighted by atomic mass is 35.5. The zero-order valence-electron chi connectivity index (χ0n) is 11.0. The molecule has 5 nitrogen and oxygen atoms in total. The Morgan fingerprint density at radius 3 is 2.85 bits per heavy atom. The van der Waals surface area contributed by atoms with Crippen molar-refractivity contribution in [3.8, 4) is 0 Å². The van der Waals surface area contributed by atoms with Gasteiger partial charge in [0.15, 0.2) is 0 Å². The summed E-state index contributed by atoms with van der Waals surface area (Å²) in [6.45, 7) is 0.305. The summed E-state index contributed by atoms with van der Waals surface area (Å²) in [5, 5.41) is 9.68. The second-order valence-corrected chi connectivity index (χ2v) is 5.05. The van der Waals surface area contributed by atoms with E-state index in [2.05, 4.69) is 20.9 Å². The summed E-state index contributed by atoms with van der Waals surface area (Å²) < 4.78 is 0. The number of halogens is 2. The molecule has 1 aromatic heterocycles. The second-order valence-electron chi connectivity index (χ2n) is 5.05. The molecule has 0 unspecified atom stereocenters. The van der Waals surface area contributed by atoms with Gasteiger partial charge in [0.25, 0.3) is 0 Å². The minimum absolute atomic E-state index is 0. The van der Waals surface area contributed by atoms with Crippen LogP contribution in [0.3, 0.4) is 0 Å². The van der Waals surface area contributed by atoms with Crippen LogP contribution in [0.15, 0.2) is 24.5 Å². The van der Waals surface area contributed by atoms with E-state index < -0.39 is 0 Å². The predicted molar refractivity (Wildman–Crippen MR) is 83.7 cm³/mol. The van der Waals surface area contributed by atoms with Crippen molar-refractivity contribution in [2.45, 2.75) is 37.4 Å². The molecule has 1 aromatic rings. The first-order valence-corrected chi connectivity index (χ1v) is 6.50. The quantitative estimate of drug-likeness (QED) is 0.784. The first kappa shape index (κ1) is 17.0. The van der Waals surface area contributed by atoms with Crippen LogP contribution < -0.4 is 16.0 Å². The molecule has 3 atom stereocenters. The van der Waals surface area contributed by atoms with Crippen molar-refractivity contribution in [2.75, 3.05) is 11.9 Å². The molecule has 1 amide bonds. The van der Waals surface area contributed by atoms with Gasteiger partial charge in [0.1, 0.15) is 0 Å². The Hall–Kier alpha value is -1.04. The Morgan fingerprint density at radius 1 is 1.40 bits per heavy atom. The zero-order valence-corrected chi connectivity index (χ0v) is 12.7. The van der Waals surface area contributed by atoms with Crippen molar-refractivity contribution in [2.24, 2.45) is 0 Å². The number of carbonyl (C=O) groups is 1. The molecule has 2 fully saturated rings. The molecule has 0 radical (unpaired) electrons. The van der Waals surface area contributed by atoms with E-state index in [0.29, 0.717) is 24.7 Å². The number of hydrogen-bond acceptors (Lipinski definition) is 4. The third-order valence-corrected chi connectivity index (χ3v) is 3.76. The first-order chi connectivity index (χ1) is 8.81. The van der Waals surface area contributed by atoms with Crippen molar-refractivity contribution in [3.05, 3.63) is 24.5 Å². The minimum Gasteiger partial charge on any atom is -0.375 e. The van der Waals surface area contributed by atoms with Crippen LogP contribution in [0.25, 0.3) is 0 Å². The van der Waals surface area contributed by atoms with Gasteiger partial charge in [-0.25, -0.2) is 0 Å². The van der Waals surface area contributed by atoms with Gasteiger partial charge in [0.05, 0.1) is 12.2 Å². The van der Waals surface area contributed by atoms with Crippen molar-refractivity contribution in [1.29, 1.82) is 0 Å². The maximum atomic E-state index is 11.8. The summed E-state index contributed by atoms with van der Waals surface area (Å²) in [6, 6.07) is 5.16. The zero-order chi connectivity index (χ0) is 12.4. The number of nitrogens with zero attached hydrogens (tertiary/aromatic N) is 1. The van der Waals surface area contributed by atoms with Gasteiger partial charge >= 0.3 is 0 Å². The topological polar surface area (TPSA) is 66.0 Å². The average molecular weight is 319 g/mol. The lowest BCUT2D eigenvalue weighted by molar-refractivity contribution is -0.120. The predicted octanol–water partition coefficient (Wildman–Crippen LogP) is 1.35. The maximum absolute atomic E-state index is 11.8. The van der Waals surface area contributed by atoms with Crippen LogP contribution in [0.5, 0.6) is 0 Å². The standard InChI is InChI=1S/C13H18N4O.2ClH/c18-13(8-15-10-2-1-5-14-7-10)17-12-6-9-3-4-11(12)16-9;;/h1-2,5,7,9,11-12,15-16H,3-4,6,8H2,(H,17,18);2*1H/t9-,11+,12+;;/m1../s1. The molecule has 2 aliphatic heterocycles. The van der Waals surface area contributed by atoms with E-state index in [-0.39, 0.29) is 30.7 Å². The van der Waals surface area contributed by atoms with Crippen LogP contribution in [0.1, 0.15) is 19.3 Å². The Morgan fingerprint density at radius 2 is 2.25 bits per heavy atom. The molecule has 3 heterocycles. The van der Waals surface area contributed by atoms with Crippen LogP contribution in [-0.4, -0.2) is 35.6 Å². The van der Waals surface area contributed by atoms with Crippen molar-refractivity contribution in [1.82, 2.24) is 15.6 Å². The average Bonchev–Trinajstić information content (AvgIpc) is 3.00. The number of hydrogen-bond donors (Lipinski definition) is 3. The summed E-state index contributed by atoms with van der Waals surface area (Å²) >= 11 is 0. The van der Waals surface area contributed by atoms with Crippen LogP contribution in [0.2, 0.25) is 0 Å². The van der Waals surface area contributed by atoms with Crippen molar-refractivity contribution in [3.63, 3.8) is 0 Å². The normalized spacial score (nSPS) is 26.3. The highest BCUT2D eigenvalue weighted by Gasteiger charge is 2.39. The maximum Gasteiger partial charge on any atom is 0.239 e. The third kappa shape index (κ3) is 3.98. The highest BCUT2D eigenvalue weighted by Crippen LogP contribution is 2.28. The van der Waals surface area contributed by atoms with E-state index in [1.165, 1.54) is 12.8 Å². The van der Waals surface area contributed by atoms with E-state index >= 15 is 0 Å². The molecule has 3 N–H and O–H groups in total. The van der Waals surface area contributed by atoms with Gasteiger partial charge in [-0.3, -0.25) is 9.78 Å². The van der Waals surface area contributed by atoms with Crippen molar-refractivity contribution < 1.29 is 4.79 Å². The largest absolute Gasteiger partial charge is 0.375 e. The Bertz CT molecular complexity index is 432. The number of anilines is 1. The molecule has 2 aliphatic rings. The molecule has 20 heavy (non-hydrogen) atoms. The Labute approximate surface area is 131 Å². The molecule has 2 bridgehead atoms. The van der Waals surface area contributed by atoms with E-state index in [0.717, 1.165) is 12.1 Å². The molecule has 112 valence electrons. The summed E-state index contributed by atoms with van der Waals surface area (Å²) in [7, 11) is 0. The number of rotatable bonds is 4. The SMILES string of the molecule is Cl.Cl.O=C(CNc1cccnc1)N[C@H]1C[C@H]2CC[C@@H]1N2. The van der Waals surface area contributed by atoms with Gasteiger partial charge in [-0.05, 0) is 31.4 Å². The number of nitrogens with one attached hydrogen (secondary N) is 3. The van der Waals surface area contributed by atoms with Crippen LogP contribution in [0.4, 0.5) is 5.69 Å². The third-order valence-electron chi connectivity index (χ3n) is 3.76. The molecule has 3 rings (SSSR count). The van der Waals surface area contributed by atoms with Gasteiger partial charge in [-0.1, -0.05) is 0 Å². The summed E-state index contributed by atoms with van der Waals surface area (Å²) in [5.41, 5.74) is 0.874. The molecular formula is C13H20Cl2N4O. The molecule has 2 saturated heterocycles. The molecule has 0 aliphatic carbocycles. The van der Waals surface area contributed by atoms with E-state index in [1.54, 1.807) is 12.4 Å². The van der Waals surface area contributed by atoms with Gasteiger partial charge < -0.3 is 16.0 Å². The van der Waals surface area contributed by atoms with E-state index in [4.69, 9.17) is 0 Å². The lowest BCUT2D eigenvalue weighted by Gasteiger charge is -2.21. The molecular weight excluding hydrogens is 299 g/mol.